The first-order valence-corrected chi connectivity index (χ1v) is 11.5. The van der Waals surface area contributed by atoms with Gasteiger partial charge in [-0.15, -0.1) is 0 Å². The molecule has 8 heteroatoms. The van der Waals surface area contributed by atoms with Crippen molar-refractivity contribution in [2.24, 2.45) is 5.92 Å². The van der Waals surface area contributed by atoms with E-state index in [2.05, 4.69) is 5.32 Å². The lowest BCUT2D eigenvalue weighted by molar-refractivity contribution is -0.163. The van der Waals surface area contributed by atoms with Gasteiger partial charge in [0, 0.05) is 13.2 Å². The number of piperidine rings is 1. The summed E-state index contributed by atoms with van der Waals surface area (Å²) in [5.41, 5.74) is 1.09. The minimum Gasteiger partial charge on any atom is -0.480 e. The van der Waals surface area contributed by atoms with Crippen LogP contribution in [0.3, 0.4) is 0 Å². The number of nitrogens with one attached hydrogen (secondary N) is 1. The number of fused-ring (bicyclic) bond motifs is 1. The number of ether oxygens (including phenoxy) is 2. The van der Waals surface area contributed by atoms with Crippen LogP contribution in [-0.2, 0) is 30.3 Å². The predicted molar refractivity (Wildman–Crippen MR) is 118 cm³/mol. The molecule has 2 aliphatic rings. The van der Waals surface area contributed by atoms with E-state index in [1.54, 1.807) is 13.8 Å². The topological polar surface area (TPSA) is 105 Å². The number of hydrogen-bond donors (Lipinski definition) is 2. The molecule has 2 heterocycles. The van der Waals surface area contributed by atoms with Gasteiger partial charge in [0.1, 0.15) is 12.1 Å². The fraction of sp³-hybridized carbons (Fsp3) is 0.625. The average molecular weight is 447 g/mol. The molecule has 5 atom stereocenters. The van der Waals surface area contributed by atoms with E-state index in [1.165, 1.54) is 4.90 Å². The molecule has 32 heavy (non-hydrogen) atoms. The molecular formula is C24H34N2O6. The minimum absolute atomic E-state index is 0.130. The second-order valence-electron chi connectivity index (χ2n) is 8.61. The lowest BCUT2D eigenvalue weighted by atomic mass is 9.83. The van der Waals surface area contributed by atoms with Crippen molar-refractivity contribution in [2.45, 2.75) is 70.2 Å². The van der Waals surface area contributed by atoms with Crippen LogP contribution < -0.4 is 5.32 Å². The van der Waals surface area contributed by atoms with Crippen molar-refractivity contribution in [3.63, 3.8) is 0 Å². The van der Waals surface area contributed by atoms with E-state index in [0.717, 1.165) is 18.4 Å². The molecule has 0 saturated carbocycles. The highest BCUT2D eigenvalue weighted by Gasteiger charge is 2.44. The van der Waals surface area contributed by atoms with E-state index in [4.69, 9.17) is 9.47 Å². The van der Waals surface area contributed by atoms with Crippen LogP contribution in [-0.4, -0.2) is 71.8 Å². The standard InChI is InChI=1S/C24H34N2O6/c1-3-31-24(30)19(12-11-17-8-5-4-6-9-17)25-16(2)22(27)26-15-21-18(10-7-13-32-21)14-20(26)23(28)29/h4-6,8-9,16,18-21,25H,3,7,10-15H2,1-2H3,(H,28,29)/t16-,18?,19?,20?,21?/m0/s1. The fourth-order valence-corrected chi connectivity index (χ4v) is 4.68. The number of esters is 1. The van der Waals surface area contributed by atoms with Crippen molar-refractivity contribution in [1.29, 1.82) is 0 Å². The molecule has 4 unspecified atom stereocenters. The highest BCUT2D eigenvalue weighted by Crippen LogP contribution is 2.32. The average Bonchev–Trinajstić information content (AvgIpc) is 2.80. The Bertz CT molecular complexity index is 786. The molecule has 1 amide bonds. The third kappa shape index (κ3) is 6.07. The number of carboxylic acid groups (broad SMARTS) is 1. The summed E-state index contributed by atoms with van der Waals surface area (Å²) in [7, 11) is 0. The summed E-state index contributed by atoms with van der Waals surface area (Å²) in [5.74, 6) is -1.58. The number of amides is 1. The summed E-state index contributed by atoms with van der Waals surface area (Å²) < 4.78 is 11.0. The molecule has 0 aliphatic carbocycles. The van der Waals surface area contributed by atoms with Gasteiger partial charge in [0.05, 0.1) is 18.8 Å². The maximum atomic E-state index is 13.3. The van der Waals surface area contributed by atoms with E-state index in [-0.39, 0.29) is 31.1 Å². The SMILES string of the molecule is CCOC(=O)C(CCc1ccccc1)N[C@@H](C)C(=O)N1CC2OCCCC2CC1C(=O)O. The molecule has 0 aromatic heterocycles. The van der Waals surface area contributed by atoms with Gasteiger partial charge in [-0.3, -0.25) is 14.9 Å². The highest BCUT2D eigenvalue weighted by atomic mass is 16.5. The number of carboxylic acids is 1. The Morgan fingerprint density at radius 3 is 2.72 bits per heavy atom. The van der Waals surface area contributed by atoms with E-state index in [0.29, 0.717) is 25.9 Å². The van der Waals surface area contributed by atoms with Gasteiger partial charge in [0.2, 0.25) is 5.91 Å². The molecule has 2 N–H and O–H groups in total. The summed E-state index contributed by atoms with van der Waals surface area (Å²) in [6.07, 6.45) is 3.23. The van der Waals surface area contributed by atoms with Crippen molar-refractivity contribution >= 4 is 17.8 Å². The summed E-state index contributed by atoms with van der Waals surface area (Å²) in [5, 5.41) is 12.9. The van der Waals surface area contributed by atoms with Gasteiger partial charge in [0.15, 0.2) is 0 Å². The molecule has 0 radical (unpaired) electrons. The smallest absolute Gasteiger partial charge is 0.326 e. The van der Waals surface area contributed by atoms with Crippen molar-refractivity contribution in [3.05, 3.63) is 35.9 Å². The normalized spacial score (nSPS) is 24.8. The van der Waals surface area contributed by atoms with Crippen LogP contribution in [0.1, 0.15) is 45.1 Å². The largest absolute Gasteiger partial charge is 0.480 e. The molecule has 8 nitrogen and oxygen atoms in total. The minimum atomic E-state index is -0.999. The number of carbonyl (C=O) groups is 3. The lowest BCUT2D eigenvalue weighted by Crippen LogP contribution is -2.61. The van der Waals surface area contributed by atoms with E-state index in [9.17, 15) is 19.5 Å². The van der Waals surface area contributed by atoms with Crippen molar-refractivity contribution in [1.82, 2.24) is 10.2 Å². The van der Waals surface area contributed by atoms with Crippen LogP contribution in [0.4, 0.5) is 0 Å². The molecule has 1 aromatic rings. The van der Waals surface area contributed by atoms with Crippen molar-refractivity contribution in [2.75, 3.05) is 19.8 Å². The van der Waals surface area contributed by atoms with Crippen LogP contribution in [0.2, 0.25) is 0 Å². The van der Waals surface area contributed by atoms with Crippen molar-refractivity contribution < 1.29 is 29.0 Å². The molecule has 0 spiro atoms. The summed E-state index contributed by atoms with van der Waals surface area (Å²) in [4.78, 5) is 39.1. The van der Waals surface area contributed by atoms with Crippen LogP contribution in [0.5, 0.6) is 0 Å². The molecule has 2 saturated heterocycles. The van der Waals surface area contributed by atoms with Crippen molar-refractivity contribution in [3.8, 4) is 0 Å². The fourth-order valence-electron chi connectivity index (χ4n) is 4.68. The van der Waals surface area contributed by atoms with Gasteiger partial charge in [-0.25, -0.2) is 4.79 Å². The third-order valence-corrected chi connectivity index (χ3v) is 6.38. The monoisotopic (exact) mass is 446 g/mol. The zero-order valence-electron chi connectivity index (χ0n) is 18.9. The number of nitrogens with zero attached hydrogens (tertiary/aromatic N) is 1. The Hall–Kier alpha value is -2.45. The van der Waals surface area contributed by atoms with Crippen LogP contribution in [0.15, 0.2) is 30.3 Å². The highest BCUT2D eigenvalue weighted by molar-refractivity contribution is 5.88. The van der Waals surface area contributed by atoms with Gasteiger partial charge in [-0.2, -0.15) is 0 Å². The Balaban J connectivity index is 1.67. The first-order valence-electron chi connectivity index (χ1n) is 11.5. The molecule has 2 aliphatic heterocycles. The number of aryl methyl sites for hydroxylation is 1. The Kier molecular flexibility index (Phi) is 8.64. The Morgan fingerprint density at radius 2 is 2.03 bits per heavy atom. The van der Waals surface area contributed by atoms with E-state index in [1.807, 2.05) is 30.3 Å². The van der Waals surface area contributed by atoms with Gasteiger partial charge < -0.3 is 19.5 Å². The number of aliphatic carboxylic acids is 1. The summed E-state index contributed by atoms with van der Waals surface area (Å²) in [6.45, 7) is 4.56. The molecule has 2 fully saturated rings. The predicted octanol–water partition coefficient (Wildman–Crippen LogP) is 2.01. The Labute approximate surface area is 189 Å². The van der Waals surface area contributed by atoms with Gasteiger partial charge in [0.25, 0.3) is 0 Å². The molecule has 1 aromatic carbocycles. The lowest BCUT2D eigenvalue weighted by Gasteiger charge is -2.45. The first kappa shape index (κ1) is 24.2. The van der Waals surface area contributed by atoms with Gasteiger partial charge in [-0.05, 0) is 57.4 Å². The van der Waals surface area contributed by atoms with Gasteiger partial charge >= 0.3 is 11.9 Å². The third-order valence-electron chi connectivity index (χ3n) is 6.38. The maximum Gasteiger partial charge on any atom is 0.326 e. The van der Waals surface area contributed by atoms with Crippen LogP contribution >= 0.6 is 0 Å². The van der Waals surface area contributed by atoms with E-state index < -0.39 is 30.1 Å². The molecular weight excluding hydrogens is 412 g/mol. The zero-order valence-corrected chi connectivity index (χ0v) is 18.9. The second-order valence-corrected chi connectivity index (χ2v) is 8.61. The number of rotatable bonds is 9. The first-order chi connectivity index (χ1) is 15.4. The maximum absolute atomic E-state index is 13.3. The Morgan fingerprint density at radius 1 is 1.28 bits per heavy atom. The number of benzene rings is 1. The van der Waals surface area contributed by atoms with Crippen LogP contribution in [0.25, 0.3) is 0 Å². The summed E-state index contributed by atoms with van der Waals surface area (Å²) in [6, 6.07) is 7.52. The van der Waals surface area contributed by atoms with E-state index >= 15 is 0 Å². The number of carbonyl (C=O) groups excluding carboxylic acids is 2. The molecule has 0 bridgehead atoms. The second kappa shape index (κ2) is 11.4. The summed E-state index contributed by atoms with van der Waals surface area (Å²) >= 11 is 0. The zero-order chi connectivity index (χ0) is 23.1. The van der Waals surface area contributed by atoms with Crippen LogP contribution in [0, 0.1) is 5.92 Å². The number of hydrogen-bond acceptors (Lipinski definition) is 6. The van der Waals surface area contributed by atoms with Gasteiger partial charge in [-0.1, -0.05) is 30.3 Å². The molecule has 176 valence electrons. The molecule has 3 rings (SSSR count). The number of likely N-dealkylation sites (tertiary alicyclic amines) is 1. The quantitative estimate of drug-likeness (QED) is 0.559.